The molecule has 2 atom stereocenters. The lowest BCUT2D eigenvalue weighted by molar-refractivity contribution is -0.384. The van der Waals surface area contributed by atoms with E-state index in [1.165, 1.54) is 12.1 Å². The van der Waals surface area contributed by atoms with Gasteiger partial charge in [0.25, 0.3) is 5.69 Å². The molecule has 21 heavy (non-hydrogen) atoms. The Morgan fingerprint density at radius 1 is 1.48 bits per heavy atom. The van der Waals surface area contributed by atoms with E-state index >= 15 is 0 Å². The molecule has 0 spiro atoms. The molecule has 0 saturated carbocycles. The first kappa shape index (κ1) is 15.7. The Morgan fingerprint density at radius 3 is 2.81 bits per heavy atom. The first-order valence-corrected chi connectivity index (χ1v) is 7.96. The third-order valence-corrected chi connectivity index (χ3v) is 4.83. The fourth-order valence-corrected chi connectivity index (χ4v) is 3.54. The van der Waals surface area contributed by atoms with Crippen LogP contribution in [-0.2, 0) is 14.8 Å². The number of nitro groups is 1. The first-order valence-electron chi connectivity index (χ1n) is 6.47. The summed E-state index contributed by atoms with van der Waals surface area (Å²) < 4.78 is 32.5. The van der Waals surface area contributed by atoms with E-state index in [1.807, 2.05) is 6.92 Å². The zero-order chi connectivity index (χ0) is 15.6. The van der Waals surface area contributed by atoms with Crippen LogP contribution in [0, 0.1) is 10.1 Å². The lowest BCUT2D eigenvalue weighted by atomic mass is 10.1. The van der Waals surface area contributed by atoms with Crippen LogP contribution in [0.3, 0.4) is 0 Å². The summed E-state index contributed by atoms with van der Waals surface area (Å²) in [4.78, 5) is 9.96. The number of hydrogen-bond donors (Lipinski definition) is 2. The summed E-state index contributed by atoms with van der Waals surface area (Å²) in [5, 5.41) is 10.8. The van der Waals surface area contributed by atoms with Crippen molar-refractivity contribution in [2.45, 2.75) is 36.8 Å². The van der Waals surface area contributed by atoms with Crippen LogP contribution in [0.5, 0.6) is 0 Å². The highest BCUT2D eigenvalue weighted by Crippen LogP contribution is 2.25. The minimum atomic E-state index is -3.82. The Labute approximate surface area is 122 Å². The van der Waals surface area contributed by atoms with Gasteiger partial charge in [0.05, 0.1) is 15.9 Å². The highest BCUT2D eigenvalue weighted by atomic mass is 32.2. The molecule has 2 unspecified atom stereocenters. The molecule has 1 fully saturated rings. The van der Waals surface area contributed by atoms with E-state index < -0.39 is 20.6 Å². The van der Waals surface area contributed by atoms with Gasteiger partial charge in [-0.1, -0.05) is 0 Å². The summed E-state index contributed by atoms with van der Waals surface area (Å²) in [6.07, 6.45) is 1.11. The van der Waals surface area contributed by atoms with Crippen molar-refractivity contribution in [3.8, 4) is 0 Å². The van der Waals surface area contributed by atoms with Gasteiger partial charge in [0.15, 0.2) is 0 Å². The Kier molecular flexibility index (Phi) is 4.45. The Bertz CT molecular complexity index is 646. The summed E-state index contributed by atoms with van der Waals surface area (Å²) in [6, 6.07) is 3.21. The second kappa shape index (κ2) is 5.96. The summed E-state index contributed by atoms with van der Waals surface area (Å²) >= 11 is 0. The van der Waals surface area contributed by atoms with Crippen LogP contribution in [-0.4, -0.2) is 32.1 Å². The third kappa shape index (κ3) is 3.69. The van der Waals surface area contributed by atoms with Gasteiger partial charge in [-0.05, 0) is 31.9 Å². The standard InChI is InChI=1S/C12H17N3O5S/c1-8-6-9(4-5-20-8)14-21(18,19)10-2-3-11(13)12(7-10)15(16)17/h2-3,7-9,14H,4-6,13H2,1H3. The number of nitrogens with zero attached hydrogens (tertiary/aromatic N) is 1. The van der Waals surface area contributed by atoms with Gasteiger partial charge in [-0.15, -0.1) is 0 Å². The highest BCUT2D eigenvalue weighted by Gasteiger charge is 2.26. The molecule has 8 nitrogen and oxygen atoms in total. The second-order valence-electron chi connectivity index (χ2n) is 5.00. The molecule has 9 heteroatoms. The molecule has 1 aliphatic rings. The van der Waals surface area contributed by atoms with Crippen LogP contribution in [0.1, 0.15) is 19.8 Å². The van der Waals surface area contributed by atoms with Gasteiger partial charge in [-0.25, -0.2) is 13.1 Å². The van der Waals surface area contributed by atoms with Crippen molar-refractivity contribution >= 4 is 21.4 Å². The van der Waals surface area contributed by atoms with Crippen LogP contribution in [0.15, 0.2) is 23.1 Å². The van der Waals surface area contributed by atoms with E-state index in [-0.39, 0.29) is 22.7 Å². The molecule has 0 amide bonds. The maximum Gasteiger partial charge on any atom is 0.293 e. The molecule has 1 aromatic carbocycles. The van der Waals surface area contributed by atoms with Gasteiger partial charge in [-0.2, -0.15) is 0 Å². The molecule has 0 aromatic heterocycles. The van der Waals surface area contributed by atoms with E-state index in [9.17, 15) is 18.5 Å². The zero-order valence-electron chi connectivity index (χ0n) is 11.5. The van der Waals surface area contributed by atoms with Crippen molar-refractivity contribution in [1.29, 1.82) is 0 Å². The molecule has 1 aromatic rings. The smallest absolute Gasteiger partial charge is 0.293 e. The fraction of sp³-hybridized carbons (Fsp3) is 0.500. The summed E-state index contributed by atoms with van der Waals surface area (Å²) in [5.74, 6) is 0. The number of nitrogens with two attached hydrogens (primary N) is 1. The monoisotopic (exact) mass is 315 g/mol. The molecule has 0 bridgehead atoms. The van der Waals surface area contributed by atoms with Crippen LogP contribution in [0.25, 0.3) is 0 Å². The van der Waals surface area contributed by atoms with Crippen molar-refractivity contribution in [1.82, 2.24) is 4.72 Å². The van der Waals surface area contributed by atoms with Gasteiger partial charge >= 0.3 is 0 Å². The van der Waals surface area contributed by atoms with Crippen LogP contribution < -0.4 is 10.5 Å². The SMILES string of the molecule is CC1CC(NS(=O)(=O)c2ccc(N)c([N+](=O)[O-])c2)CCO1. The van der Waals surface area contributed by atoms with E-state index in [2.05, 4.69) is 4.72 Å². The topological polar surface area (TPSA) is 125 Å². The molecule has 3 N–H and O–H groups in total. The molecular formula is C12H17N3O5S. The lowest BCUT2D eigenvalue weighted by Gasteiger charge is -2.27. The number of hydrogen-bond acceptors (Lipinski definition) is 6. The molecule has 2 rings (SSSR count). The number of benzene rings is 1. The van der Waals surface area contributed by atoms with Crippen molar-refractivity contribution in [3.63, 3.8) is 0 Å². The van der Waals surface area contributed by atoms with E-state index in [1.54, 1.807) is 0 Å². The summed E-state index contributed by atoms with van der Waals surface area (Å²) in [7, 11) is -3.82. The minimum Gasteiger partial charge on any atom is -0.393 e. The summed E-state index contributed by atoms with van der Waals surface area (Å²) in [6.45, 7) is 2.35. The van der Waals surface area contributed by atoms with E-state index in [0.29, 0.717) is 19.4 Å². The predicted octanol–water partition coefficient (Wildman–Crippen LogP) is 1.02. The van der Waals surface area contributed by atoms with Crippen molar-refractivity contribution < 1.29 is 18.1 Å². The fourth-order valence-electron chi connectivity index (χ4n) is 2.24. The Balaban J connectivity index is 2.23. The third-order valence-electron chi connectivity index (χ3n) is 3.32. The van der Waals surface area contributed by atoms with Crippen LogP contribution in [0.2, 0.25) is 0 Å². The van der Waals surface area contributed by atoms with Crippen LogP contribution >= 0.6 is 0 Å². The summed E-state index contributed by atoms with van der Waals surface area (Å²) in [5.41, 5.74) is 4.97. The second-order valence-corrected chi connectivity index (χ2v) is 6.72. The number of rotatable bonds is 4. The molecule has 0 aliphatic carbocycles. The normalized spacial score (nSPS) is 22.9. The lowest BCUT2D eigenvalue weighted by Crippen LogP contribution is -2.41. The average Bonchev–Trinajstić information content (AvgIpc) is 2.38. The molecule has 116 valence electrons. The molecule has 1 aliphatic heterocycles. The van der Waals surface area contributed by atoms with Gasteiger partial charge in [0, 0.05) is 18.7 Å². The predicted molar refractivity (Wildman–Crippen MR) is 76.3 cm³/mol. The zero-order valence-corrected chi connectivity index (χ0v) is 12.3. The van der Waals surface area contributed by atoms with Crippen LogP contribution in [0.4, 0.5) is 11.4 Å². The number of nitrogen functional groups attached to an aromatic ring is 1. The number of nitro benzene ring substituents is 1. The van der Waals surface area contributed by atoms with E-state index in [4.69, 9.17) is 10.5 Å². The van der Waals surface area contributed by atoms with Gasteiger partial charge in [-0.3, -0.25) is 10.1 Å². The molecule has 1 saturated heterocycles. The maximum absolute atomic E-state index is 12.3. The van der Waals surface area contributed by atoms with Crippen molar-refractivity contribution in [2.75, 3.05) is 12.3 Å². The molecule has 0 radical (unpaired) electrons. The van der Waals surface area contributed by atoms with E-state index in [0.717, 1.165) is 6.07 Å². The van der Waals surface area contributed by atoms with Gasteiger partial charge in [0.2, 0.25) is 10.0 Å². The Hall–Kier alpha value is -1.71. The number of sulfonamides is 1. The number of anilines is 1. The largest absolute Gasteiger partial charge is 0.393 e. The van der Waals surface area contributed by atoms with Gasteiger partial charge in [0.1, 0.15) is 5.69 Å². The van der Waals surface area contributed by atoms with Crippen molar-refractivity contribution in [3.05, 3.63) is 28.3 Å². The van der Waals surface area contributed by atoms with Crippen molar-refractivity contribution in [2.24, 2.45) is 0 Å². The Morgan fingerprint density at radius 2 is 2.19 bits per heavy atom. The number of nitrogens with one attached hydrogen (secondary N) is 1. The quantitative estimate of drug-likeness (QED) is 0.485. The minimum absolute atomic E-state index is 0.0211. The maximum atomic E-state index is 12.3. The first-order chi connectivity index (χ1) is 9.79. The highest BCUT2D eigenvalue weighted by molar-refractivity contribution is 7.89. The molecule has 1 heterocycles. The number of ether oxygens (including phenoxy) is 1. The average molecular weight is 315 g/mol. The van der Waals surface area contributed by atoms with Gasteiger partial charge < -0.3 is 10.5 Å². The molecular weight excluding hydrogens is 298 g/mol.